The maximum atomic E-state index is 8.97. The van der Waals surface area contributed by atoms with E-state index in [0.29, 0.717) is 11.4 Å². The van der Waals surface area contributed by atoms with Crippen molar-refractivity contribution < 1.29 is 4.74 Å². The van der Waals surface area contributed by atoms with E-state index in [0.717, 1.165) is 17.9 Å². The minimum atomic E-state index is 0.161. The highest BCUT2D eigenvalue weighted by atomic mass is 16.5. The van der Waals surface area contributed by atoms with Gasteiger partial charge in [-0.25, -0.2) is 4.98 Å². The average molecular weight is 280 g/mol. The molecule has 0 aliphatic carbocycles. The normalized spacial score (nSPS) is 11.0. The van der Waals surface area contributed by atoms with Crippen molar-refractivity contribution in [3.05, 3.63) is 53.2 Å². The van der Waals surface area contributed by atoms with Crippen LogP contribution in [0.15, 0.2) is 36.4 Å². The smallest absolute Gasteiger partial charge is 0.220 e. The Labute approximate surface area is 126 Å². The van der Waals surface area contributed by atoms with E-state index >= 15 is 0 Å². The van der Waals surface area contributed by atoms with E-state index < -0.39 is 0 Å². The van der Waals surface area contributed by atoms with Crippen LogP contribution in [0.1, 0.15) is 44.0 Å². The lowest BCUT2D eigenvalue weighted by molar-refractivity contribution is 0.459. The van der Waals surface area contributed by atoms with E-state index in [-0.39, 0.29) is 5.41 Å². The molecule has 1 heterocycles. The standard InChI is InChI=1S/C18H20N2O/c1-5-18(3,4)15-6-8-16(9-7-15)21-17-11-14(12-19)10-13(2)20-17/h6-11H,5H2,1-4H3. The molecule has 2 aromatic rings. The van der Waals surface area contributed by atoms with Gasteiger partial charge in [0.1, 0.15) is 5.75 Å². The molecule has 0 N–H and O–H groups in total. The number of nitriles is 1. The third-order valence-corrected chi connectivity index (χ3v) is 3.80. The first-order chi connectivity index (χ1) is 9.94. The van der Waals surface area contributed by atoms with Crippen molar-refractivity contribution in [2.24, 2.45) is 0 Å². The number of aromatic nitrogens is 1. The third kappa shape index (κ3) is 3.61. The average Bonchev–Trinajstić information content (AvgIpc) is 2.47. The number of benzene rings is 1. The quantitative estimate of drug-likeness (QED) is 0.812. The van der Waals surface area contributed by atoms with E-state index in [1.165, 1.54) is 5.56 Å². The molecule has 3 nitrogen and oxygen atoms in total. The first kappa shape index (κ1) is 15.1. The largest absolute Gasteiger partial charge is 0.439 e. The molecule has 0 radical (unpaired) electrons. The van der Waals surface area contributed by atoms with Gasteiger partial charge in [-0.3, -0.25) is 0 Å². The molecular formula is C18H20N2O. The fraction of sp³-hybridized carbons (Fsp3) is 0.333. The van der Waals surface area contributed by atoms with Gasteiger partial charge in [0.05, 0.1) is 11.6 Å². The van der Waals surface area contributed by atoms with Gasteiger partial charge in [-0.2, -0.15) is 5.26 Å². The summed E-state index contributed by atoms with van der Waals surface area (Å²) < 4.78 is 5.74. The summed E-state index contributed by atoms with van der Waals surface area (Å²) in [4.78, 5) is 4.29. The fourth-order valence-corrected chi connectivity index (χ4v) is 2.05. The molecule has 0 spiro atoms. The van der Waals surface area contributed by atoms with Crippen LogP contribution in [-0.4, -0.2) is 4.98 Å². The zero-order chi connectivity index (χ0) is 15.5. The van der Waals surface area contributed by atoms with Crippen LogP contribution in [0.4, 0.5) is 0 Å². The number of hydrogen-bond acceptors (Lipinski definition) is 3. The molecule has 0 aliphatic rings. The lowest BCUT2D eigenvalue weighted by Gasteiger charge is -2.23. The Morgan fingerprint density at radius 3 is 2.43 bits per heavy atom. The summed E-state index contributed by atoms with van der Waals surface area (Å²) in [6.07, 6.45) is 1.08. The second-order valence-corrected chi connectivity index (χ2v) is 5.81. The Morgan fingerprint density at radius 1 is 1.19 bits per heavy atom. The molecule has 0 saturated heterocycles. The highest BCUT2D eigenvalue weighted by molar-refractivity contribution is 5.38. The second kappa shape index (κ2) is 5.97. The Morgan fingerprint density at radius 2 is 1.86 bits per heavy atom. The third-order valence-electron chi connectivity index (χ3n) is 3.80. The molecule has 21 heavy (non-hydrogen) atoms. The maximum Gasteiger partial charge on any atom is 0.220 e. The predicted molar refractivity (Wildman–Crippen MR) is 83.5 cm³/mol. The van der Waals surface area contributed by atoms with Crippen LogP contribution < -0.4 is 4.74 Å². The number of hydrogen-bond donors (Lipinski definition) is 0. The van der Waals surface area contributed by atoms with Crippen molar-refractivity contribution in [1.29, 1.82) is 5.26 Å². The van der Waals surface area contributed by atoms with Crippen molar-refractivity contribution in [3.63, 3.8) is 0 Å². The fourth-order valence-electron chi connectivity index (χ4n) is 2.05. The van der Waals surface area contributed by atoms with Gasteiger partial charge in [0.15, 0.2) is 0 Å². The van der Waals surface area contributed by atoms with Gasteiger partial charge in [0.2, 0.25) is 5.88 Å². The maximum absolute atomic E-state index is 8.97. The molecule has 3 heteroatoms. The molecule has 1 aromatic carbocycles. The lowest BCUT2D eigenvalue weighted by Crippen LogP contribution is -2.14. The highest BCUT2D eigenvalue weighted by Crippen LogP contribution is 2.29. The number of aryl methyl sites for hydroxylation is 1. The van der Waals surface area contributed by atoms with Gasteiger partial charge in [-0.1, -0.05) is 32.9 Å². The van der Waals surface area contributed by atoms with Gasteiger partial charge >= 0.3 is 0 Å². The van der Waals surface area contributed by atoms with Gasteiger partial charge in [-0.05, 0) is 42.5 Å². The van der Waals surface area contributed by atoms with Crippen LogP contribution in [0.5, 0.6) is 11.6 Å². The Balaban J connectivity index is 2.21. The van der Waals surface area contributed by atoms with Gasteiger partial charge in [0.25, 0.3) is 0 Å². The molecule has 0 atom stereocenters. The number of nitrogens with zero attached hydrogens (tertiary/aromatic N) is 2. The van der Waals surface area contributed by atoms with E-state index in [1.807, 2.05) is 19.1 Å². The van der Waals surface area contributed by atoms with Crippen LogP contribution >= 0.6 is 0 Å². The molecule has 0 aliphatic heterocycles. The molecule has 0 bridgehead atoms. The second-order valence-electron chi connectivity index (χ2n) is 5.81. The van der Waals surface area contributed by atoms with Crippen LogP contribution in [0.25, 0.3) is 0 Å². The van der Waals surface area contributed by atoms with Crippen molar-refractivity contribution in [2.45, 2.75) is 39.5 Å². The van der Waals surface area contributed by atoms with E-state index in [1.54, 1.807) is 12.1 Å². The number of pyridine rings is 1. The first-order valence-corrected chi connectivity index (χ1v) is 7.12. The van der Waals surface area contributed by atoms with Crippen molar-refractivity contribution >= 4 is 0 Å². The van der Waals surface area contributed by atoms with Gasteiger partial charge in [-0.15, -0.1) is 0 Å². The van der Waals surface area contributed by atoms with Crippen molar-refractivity contribution in [2.75, 3.05) is 0 Å². The predicted octanol–water partition coefficient (Wildman–Crippen LogP) is 4.74. The summed E-state index contributed by atoms with van der Waals surface area (Å²) in [5.41, 5.74) is 2.77. The topological polar surface area (TPSA) is 45.9 Å². The van der Waals surface area contributed by atoms with E-state index in [2.05, 4.69) is 44.0 Å². The number of ether oxygens (including phenoxy) is 1. The zero-order valence-corrected chi connectivity index (χ0v) is 13.0. The number of rotatable bonds is 4. The van der Waals surface area contributed by atoms with Crippen LogP contribution in [-0.2, 0) is 5.41 Å². The molecule has 0 saturated carbocycles. The Bertz CT molecular complexity index is 667. The Hall–Kier alpha value is -2.34. The van der Waals surface area contributed by atoms with E-state index in [9.17, 15) is 0 Å². The summed E-state index contributed by atoms with van der Waals surface area (Å²) in [7, 11) is 0. The zero-order valence-electron chi connectivity index (χ0n) is 13.0. The van der Waals surface area contributed by atoms with Crippen molar-refractivity contribution in [3.8, 4) is 17.7 Å². The molecule has 0 unspecified atom stereocenters. The van der Waals surface area contributed by atoms with E-state index in [4.69, 9.17) is 10.00 Å². The minimum absolute atomic E-state index is 0.161. The van der Waals surface area contributed by atoms with Gasteiger partial charge in [0, 0.05) is 11.8 Å². The first-order valence-electron chi connectivity index (χ1n) is 7.12. The van der Waals surface area contributed by atoms with Gasteiger partial charge < -0.3 is 4.74 Å². The molecule has 0 amide bonds. The van der Waals surface area contributed by atoms with Crippen LogP contribution in [0.3, 0.4) is 0 Å². The SMILES string of the molecule is CCC(C)(C)c1ccc(Oc2cc(C#N)cc(C)n2)cc1. The van der Waals surface area contributed by atoms with Crippen LogP contribution in [0.2, 0.25) is 0 Å². The summed E-state index contributed by atoms with van der Waals surface area (Å²) in [5.74, 6) is 1.18. The molecule has 1 aromatic heterocycles. The summed E-state index contributed by atoms with van der Waals surface area (Å²) in [5, 5.41) is 8.97. The molecule has 2 rings (SSSR count). The highest BCUT2D eigenvalue weighted by Gasteiger charge is 2.17. The molecule has 0 fully saturated rings. The molecular weight excluding hydrogens is 260 g/mol. The lowest BCUT2D eigenvalue weighted by atomic mass is 9.82. The minimum Gasteiger partial charge on any atom is -0.439 e. The monoisotopic (exact) mass is 280 g/mol. The Kier molecular flexibility index (Phi) is 4.28. The summed E-state index contributed by atoms with van der Waals surface area (Å²) >= 11 is 0. The van der Waals surface area contributed by atoms with Crippen LogP contribution in [0, 0.1) is 18.3 Å². The summed E-state index contributed by atoms with van der Waals surface area (Å²) in [6.45, 7) is 8.49. The van der Waals surface area contributed by atoms with Crippen molar-refractivity contribution in [1.82, 2.24) is 4.98 Å². The molecule has 108 valence electrons. The summed E-state index contributed by atoms with van der Waals surface area (Å²) in [6, 6.07) is 13.6.